The summed E-state index contributed by atoms with van der Waals surface area (Å²) in [6.07, 6.45) is -0.911. The molecule has 1 heterocycles. The molecule has 1 aliphatic heterocycles. The maximum absolute atomic E-state index is 12.3. The lowest BCUT2D eigenvalue weighted by Crippen LogP contribution is -2.36. The molecule has 0 aliphatic carbocycles. The van der Waals surface area contributed by atoms with Crippen molar-refractivity contribution in [2.75, 3.05) is 19.6 Å². The maximum atomic E-state index is 12.3. The van der Waals surface area contributed by atoms with E-state index >= 15 is 0 Å². The summed E-state index contributed by atoms with van der Waals surface area (Å²) in [4.78, 5) is 13.6. The molecule has 1 amide bonds. The van der Waals surface area contributed by atoms with Crippen molar-refractivity contribution >= 4 is 6.09 Å². The summed E-state index contributed by atoms with van der Waals surface area (Å²) in [5, 5.41) is 2.81. The second-order valence-corrected chi connectivity index (χ2v) is 6.45. The van der Waals surface area contributed by atoms with Gasteiger partial charge in [-0.15, -0.1) is 0 Å². The zero-order chi connectivity index (χ0) is 15.3. The number of ether oxygens (including phenoxy) is 1. The summed E-state index contributed by atoms with van der Waals surface area (Å²) in [7, 11) is 0. The number of nitrogens with one attached hydrogen (secondary N) is 1. The van der Waals surface area contributed by atoms with Crippen molar-refractivity contribution in [3.63, 3.8) is 0 Å². The zero-order valence-corrected chi connectivity index (χ0v) is 12.8. The molecule has 20 heavy (non-hydrogen) atoms. The van der Waals surface area contributed by atoms with Gasteiger partial charge in [0, 0.05) is 13.1 Å². The van der Waals surface area contributed by atoms with Gasteiger partial charge in [0.15, 0.2) is 0 Å². The monoisotopic (exact) mass is 292 g/mol. The van der Waals surface area contributed by atoms with Gasteiger partial charge in [0.1, 0.15) is 5.60 Å². The van der Waals surface area contributed by atoms with Crippen molar-refractivity contribution in [2.24, 2.45) is 5.92 Å². The van der Waals surface area contributed by atoms with Gasteiger partial charge in [-0.1, -0.05) is 0 Å². The Balaban J connectivity index is 2.25. The quantitative estimate of drug-likeness (QED) is 0.847. The number of hydrogen-bond acceptors (Lipinski definition) is 3. The Labute approximate surface area is 119 Å². The molecule has 1 fully saturated rings. The van der Waals surface area contributed by atoms with Crippen LogP contribution in [0.25, 0.3) is 0 Å². The van der Waals surface area contributed by atoms with E-state index in [0.29, 0.717) is 25.6 Å². The Hall–Kier alpha value is -0.910. The summed E-state index contributed by atoms with van der Waals surface area (Å²) in [6.45, 7) is 8.89. The van der Waals surface area contributed by atoms with Gasteiger partial charge in [0.25, 0.3) is 6.43 Å². The molecule has 0 aromatic rings. The molecule has 1 saturated heterocycles. The van der Waals surface area contributed by atoms with Crippen LogP contribution in [0.3, 0.4) is 0 Å². The highest BCUT2D eigenvalue weighted by molar-refractivity contribution is 5.68. The lowest BCUT2D eigenvalue weighted by Gasteiger charge is -2.24. The van der Waals surface area contributed by atoms with Crippen molar-refractivity contribution in [2.45, 2.75) is 58.6 Å². The van der Waals surface area contributed by atoms with Crippen LogP contribution in [0.1, 0.15) is 40.5 Å². The molecule has 118 valence electrons. The van der Waals surface area contributed by atoms with Crippen LogP contribution in [0.5, 0.6) is 0 Å². The molecule has 0 aromatic heterocycles. The average molecular weight is 292 g/mol. The molecule has 0 radical (unpaired) electrons. The summed E-state index contributed by atoms with van der Waals surface area (Å²) in [5.41, 5.74) is -0.483. The molecule has 0 bridgehead atoms. The molecule has 2 atom stereocenters. The predicted octanol–water partition coefficient (Wildman–Crippen LogP) is 2.88. The first kappa shape index (κ1) is 17.1. The van der Waals surface area contributed by atoms with Crippen LogP contribution in [-0.4, -0.2) is 48.7 Å². The minimum absolute atomic E-state index is 0.283. The fourth-order valence-corrected chi connectivity index (χ4v) is 2.16. The number of carbonyl (C=O) groups is 1. The zero-order valence-electron chi connectivity index (χ0n) is 12.8. The molecular formula is C14H26F2N2O2. The van der Waals surface area contributed by atoms with Crippen molar-refractivity contribution < 1.29 is 18.3 Å². The van der Waals surface area contributed by atoms with Gasteiger partial charge in [-0.05, 0) is 53.0 Å². The van der Waals surface area contributed by atoms with Gasteiger partial charge in [-0.25, -0.2) is 13.6 Å². The van der Waals surface area contributed by atoms with E-state index in [2.05, 4.69) is 5.32 Å². The lowest BCUT2D eigenvalue weighted by molar-refractivity contribution is 0.0287. The second-order valence-electron chi connectivity index (χ2n) is 6.45. The first-order valence-corrected chi connectivity index (χ1v) is 7.18. The third-order valence-corrected chi connectivity index (χ3v) is 3.33. The Bertz CT molecular complexity index is 319. The van der Waals surface area contributed by atoms with E-state index < -0.39 is 18.1 Å². The van der Waals surface area contributed by atoms with Gasteiger partial charge in [-0.2, -0.15) is 0 Å². The topological polar surface area (TPSA) is 41.6 Å². The van der Waals surface area contributed by atoms with Crippen molar-refractivity contribution in [3.8, 4) is 0 Å². The minimum Gasteiger partial charge on any atom is -0.444 e. The maximum Gasteiger partial charge on any atom is 0.410 e. The van der Waals surface area contributed by atoms with Crippen LogP contribution in [0.2, 0.25) is 0 Å². The summed E-state index contributed by atoms with van der Waals surface area (Å²) in [5.74, 6) is 0.361. The van der Waals surface area contributed by atoms with Gasteiger partial charge >= 0.3 is 6.09 Å². The average Bonchev–Trinajstić information content (AvgIpc) is 2.75. The molecule has 0 spiro atoms. The Morgan fingerprint density at radius 2 is 2.10 bits per heavy atom. The van der Waals surface area contributed by atoms with Gasteiger partial charge in [-0.3, -0.25) is 0 Å². The number of halogens is 2. The molecule has 1 rings (SSSR count). The van der Waals surface area contributed by atoms with Gasteiger partial charge in [0.2, 0.25) is 0 Å². The van der Waals surface area contributed by atoms with Crippen molar-refractivity contribution in [3.05, 3.63) is 0 Å². The fourth-order valence-electron chi connectivity index (χ4n) is 2.16. The molecule has 0 aromatic carbocycles. The summed E-state index contributed by atoms with van der Waals surface area (Å²) in [6, 6.07) is -0.779. The summed E-state index contributed by atoms with van der Waals surface area (Å²) < 4.78 is 30.0. The number of carbonyl (C=O) groups excluding carboxylic acids is 1. The Kier molecular flexibility index (Phi) is 6.17. The number of amides is 1. The Morgan fingerprint density at radius 1 is 1.45 bits per heavy atom. The molecule has 0 saturated carbocycles. The van der Waals surface area contributed by atoms with Crippen molar-refractivity contribution in [1.82, 2.24) is 10.2 Å². The molecule has 2 unspecified atom stereocenters. The van der Waals surface area contributed by atoms with E-state index in [1.54, 1.807) is 4.90 Å². The number of hydrogen-bond donors (Lipinski definition) is 1. The number of alkyl halides is 2. The van der Waals surface area contributed by atoms with Crippen molar-refractivity contribution in [1.29, 1.82) is 0 Å². The van der Waals surface area contributed by atoms with Gasteiger partial charge in [0.05, 0.1) is 6.04 Å². The normalized spacial score (nSPS) is 21.4. The Morgan fingerprint density at radius 3 is 2.65 bits per heavy atom. The van der Waals surface area contributed by atoms with E-state index in [-0.39, 0.29) is 6.09 Å². The minimum atomic E-state index is -2.34. The number of nitrogens with zero attached hydrogens (tertiary/aromatic N) is 1. The van der Waals surface area contributed by atoms with Crippen LogP contribution < -0.4 is 5.32 Å². The van der Waals surface area contributed by atoms with Crippen LogP contribution in [0, 0.1) is 5.92 Å². The second kappa shape index (κ2) is 7.20. The standard InChI is InChI=1S/C14H26F2N2O2/c1-10(12(15)16)17-7-5-11-6-8-18(9-11)13(19)20-14(2,3)4/h10-12,17H,5-9H2,1-4H3. The molecule has 6 heteroatoms. The SMILES string of the molecule is CC(NCCC1CCN(C(=O)OC(C)(C)C)C1)C(F)F. The fraction of sp³-hybridized carbons (Fsp3) is 0.929. The number of likely N-dealkylation sites (tertiary alicyclic amines) is 1. The third-order valence-electron chi connectivity index (χ3n) is 3.33. The highest BCUT2D eigenvalue weighted by Crippen LogP contribution is 2.21. The van der Waals surface area contributed by atoms with E-state index in [4.69, 9.17) is 4.74 Å². The number of rotatable bonds is 5. The smallest absolute Gasteiger partial charge is 0.410 e. The van der Waals surface area contributed by atoms with Crippen LogP contribution in [0.15, 0.2) is 0 Å². The van der Waals surface area contributed by atoms with E-state index in [1.807, 2.05) is 20.8 Å². The van der Waals surface area contributed by atoms with Gasteiger partial charge < -0.3 is 15.0 Å². The molecule has 4 nitrogen and oxygen atoms in total. The lowest BCUT2D eigenvalue weighted by atomic mass is 10.1. The van der Waals surface area contributed by atoms with E-state index in [1.165, 1.54) is 6.92 Å². The summed E-state index contributed by atoms with van der Waals surface area (Å²) >= 11 is 0. The van der Waals surface area contributed by atoms with Crippen LogP contribution in [0.4, 0.5) is 13.6 Å². The highest BCUT2D eigenvalue weighted by atomic mass is 19.3. The first-order chi connectivity index (χ1) is 9.19. The predicted molar refractivity (Wildman–Crippen MR) is 74.0 cm³/mol. The molecular weight excluding hydrogens is 266 g/mol. The highest BCUT2D eigenvalue weighted by Gasteiger charge is 2.29. The van der Waals surface area contributed by atoms with Crippen LogP contribution >= 0.6 is 0 Å². The van der Waals surface area contributed by atoms with Crippen LogP contribution in [-0.2, 0) is 4.74 Å². The van der Waals surface area contributed by atoms with E-state index in [9.17, 15) is 13.6 Å². The molecule has 1 N–H and O–H groups in total. The largest absolute Gasteiger partial charge is 0.444 e. The first-order valence-electron chi connectivity index (χ1n) is 7.18. The third kappa shape index (κ3) is 6.03. The van der Waals surface area contributed by atoms with E-state index in [0.717, 1.165) is 12.8 Å². The molecule has 1 aliphatic rings.